The molecule has 3 heteroatoms. The van der Waals surface area contributed by atoms with Crippen LogP contribution < -0.4 is 0 Å². The van der Waals surface area contributed by atoms with Crippen molar-refractivity contribution in [2.45, 2.75) is 32.1 Å². The van der Waals surface area contributed by atoms with E-state index in [1.807, 2.05) is 30.0 Å². The van der Waals surface area contributed by atoms with Crippen LogP contribution in [0, 0.1) is 12.3 Å². The lowest BCUT2D eigenvalue weighted by molar-refractivity contribution is 0.0777. The van der Waals surface area contributed by atoms with Gasteiger partial charge < -0.3 is 4.90 Å². The molecule has 0 radical (unpaired) electrons. The van der Waals surface area contributed by atoms with Crippen molar-refractivity contribution < 1.29 is 4.79 Å². The summed E-state index contributed by atoms with van der Waals surface area (Å²) in [7, 11) is 0. The third-order valence-corrected chi connectivity index (χ3v) is 3.69. The molecule has 17 heavy (non-hydrogen) atoms. The maximum Gasteiger partial charge on any atom is 0.254 e. The van der Waals surface area contributed by atoms with Gasteiger partial charge in [0.15, 0.2) is 0 Å². The Labute approximate surface area is 108 Å². The van der Waals surface area contributed by atoms with E-state index in [9.17, 15) is 4.79 Å². The van der Waals surface area contributed by atoms with Gasteiger partial charge in [-0.3, -0.25) is 4.79 Å². The standard InChI is InChI=1S/C14H19NOS/c1-10-4-5-11(17)8-12(10)13(16)15-7-6-14(2,3)9-15/h4-5,8,17H,6-7,9H2,1-3H3. The first-order valence-electron chi connectivity index (χ1n) is 5.98. The second-order valence-corrected chi connectivity index (χ2v) is 6.16. The van der Waals surface area contributed by atoms with Crippen molar-refractivity contribution in [2.75, 3.05) is 13.1 Å². The quantitative estimate of drug-likeness (QED) is 0.758. The number of thiol groups is 1. The average molecular weight is 249 g/mol. The largest absolute Gasteiger partial charge is 0.338 e. The highest BCUT2D eigenvalue weighted by Crippen LogP contribution is 2.30. The Kier molecular flexibility index (Phi) is 3.21. The van der Waals surface area contributed by atoms with E-state index in [2.05, 4.69) is 26.5 Å². The van der Waals surface area contributed by atoms with Crippen LogP contribution in [0.15, 0.2) is 23.1 Å². The second-order valence-electron chi connectivity index (χ2n) is 5.64. The molecule has 1 aliphatic heterocycles. The fourth-order valence-electron chi connectivity index (χ4n) is 2.30. The van der Waals surface area contributed by atoms with Crippen LogP contribution >= 0.6 is 12.6 Å². The predicted octanol–water partition coefficient (Wildman–Crippen LogP) is 3.16. The molecule has 1 heterocycles. The smallest absolute Gasteiger partial charge is 0.254 e. The Hall–Kier alpha value is -0.960. The van der Waals surface area contributed by atoms with E-state index in [1.54, 1.807) is 0 Å². The fourth-order valence-corrected chi connectivity index (χ4v) is 2.50. The van der Waals surface area contributed by atoms with Gasteiger partial charge in [-0.25, -0.2) is 0 Å². The highest BCUT2D eigenvalue weighted by atomic mass is 32.1. The van der Waals surface area contributed by atoms with E-state index in [0.717, 1.165) is 35.5 Å². The molecule has 92 valence electrons. The Bertz CT molecular complexity index is 454. The van der Waals surface area contributed by atoms with Crippen LogP contribution in [0.1, 0.15) is 36.2 Å². The van der Waals surface area contributed by atoms with Gasteiger partial charge in [0.2, 0.25) is 0 Å². The number of likely N-dealkylation sites (tertiary alicyclic amines) is 1. The highest BCUT2D eigenvalue weighted by Gasteiger charge is 2.32. The number of carbonyl (C=O) groups is 1. The minimum absolute atomic E-state index is 0.143. The topological polar surface area (TPSA) is 20.3 Å². The van der Waals surface area contributed by atoms with E-state index in [4.69, 9.17) is 0 Å². The molecule has 0 aromatic heterocycles. The minimum Gasteiger partial charge on any atom is -0.338 e. The van der Waals surface area contributed by atoms with E-state index in [0.29, 0.717) is 0 Å². The van der Waals surface area contributed by atoms with E-state index in [-0.39, 0.29) is 11.3 Å². The first-order chi connectivity index (χ1) is 7.89. The van der Waals surface area contributed by atoms with Crippen molar-refractivity contribution in [3.63, 3.8) is 0 Å². The summed E-state index contributed by atoms with van der Waals surface area (Å²) in [6.07, 6.45) is 1.08. The third kappa shape index (κ3) is 2.65. The summed E-state index contributed by atoms with van der Waals surface area (Å²) in [5, 5.41) is 0. The number of hydrogen-bond acceptors (Lipinski definition) is 2. The molecule has 2 rings (SSSR count). The van der Waals surface area contributed by atoms with Crippen molar-refractivity contribution in [3.05, 3.63) is 29.3 Å². The molecule has 0 bridgehead atoms. The molecular weight excluding hydrogens is 230 g/mol. The van der Waals surface area contributed by atoms with Crippen molar-refractivity contribution >= 4 is 18.5 Å². The molecule has 1 amide bonds. The molecule has 0 saturated carbocycles. The number of hydrogen-bond donors (Lipinski definition) is 1. The van der Waals surface area contributed by atoms with Crippen LogP contribution in [0.3, 0.4) is 0 Å². The van der Waals surface area contributed by atoms with Crippen LogP contribution in [-0.4, -0.2) is 23.9 Å². The van der Waals surface area contributed by atoms with Gasteiger partial charge in [-0.2, -0.15) is 0 Å². The lowest BCUT2D eigenvalue weighted by atomic mass is 9.93. The van der Waals surface area contributed by atoms with Crippen molar-refractivity contribution in [3.8, 4) is 0 Å². The van der Waals surface area contributed by atoms with Gasteiger partial charge in [-0.05, 0) is 36.5 Å². The van der Waals surface area contributed by atoms with Gasteiger partial charge >= 0.3 is 0 Å². The predicted molar refractivity (Wildman–Crippen MR) is 72.7 cm³/mol. The minimum atomic E-state index is 0.143. The van der Waals surface area contributed by atoms with Gasteiger partial charge in [-0.15, -0.1) is 12.6 Å². The molecule has 0 aliphatic carbocycles. The van der Waals surface area contributed by atoms with Crippen LogP contribution in [0.4, 0.5) is 0 Å². The number of aryl methyl sites for hydroxylation is 1. The van der Waals surface area contributed by atoms with Gasteiger partial charge in [0.05, 0.1) is 0 Å². The highest BCUT2D eigenvalue weighted by molar-refractivity contribution is 7.80. The van der Waals surface area contributed by atoms with E-state index >= 15 is 0 Å². The Balaban J connectivity index is 2.23. The Morgan fingerprint density at radius 1 is 1.41 bits per heavy atom. The SMILES string of the molecule is Cc1ccc(S)cc1C(=O)N1CCC(C)(C)C1. The zero-order valence-electron chi connectivity index (χ0n) is 10.7. The summed E-state index contributed by atoms with van der Waals surface area (Å²) >= 11 is 4.30. The third-order valence-electron chi connectivity index (χ3n) is 3.42. The molecule has 1 aromatic rings. The van der Waals surface area contributed by atoms with E-state index < -0.39 is 0 Å². The molecule has 1 fully saturated rings. The van der Waals surface area contributed by atoms with Crippen LogP contribution in [0.25, 0.3) is 0 Å². The van der Waals surface area contributed by atoms with Crippen molar-refractivity contribution in [2.24, 2.45) is 5.41 Å². The monoisotopic (exact) mass is 249 g/mol. The average Bonchev–Trinajstić information content (AvgIpc) is 2.61. The molecule has 2 nitrogen and oxygen atoms in total. The Morgan fingerprint density at radius 3 is 2.71 bits per heavy atom. The van der Waals surface area contributed by atoms with Gasteiger partial charge in [0, 0.05) is 23.5 Å². The molecule has 0 unspecified atom stereocenters. The second kappa shape index (κ2) is 4.37. The van der Waals surface area contributed by atoms with Crippen LogP contribution in [-0.2, 0) is 0 Å². The number of benzene rings is 1. The maximum atomic E-state index is 12.4. The van der Waals surface area contributed by atoms with Gasteiger partial charge in [-0.1, -0.05) is 19.9 Å². The molecule has 0 spiro atoms. The molecule has 1 aliphatic rings. The zero-order valence-corrected chi connectivity index (χ0v) is 11.6. The lowest BCUT2D eigenvalue weighted by Crippen LogP contribution is -2.30. The van der Waals surface area contributed by atoms with Gasteiger partial charge in [0.1, 0.15) is 0 Å². The number of carbonyl (C=O) groups excluding carboxylic acids is 1. The summed E-state index contributed by atoms with van der Waals surface area (Å²) in [6.45, 7) is 8.11. The Morgan fingerprint density at radius 2 is 2.12 bits per heavy atom. The van der Waals surface area contributed by atoms with E-state index in [1.165, 1.54) is 0 Å². The van der Waals surface area contributed by atoms with Gasteiger partial charge in [0.25, 0.3) is 5.91 Å². The first kappa shape index (κ1) is 12.5. The lowest BCUT2D eigenvalue weighted by Gasteiger charge is -2.20. The number of amides is 1. The summed E-state index contributed by atoms with van der Waals surface area (Å²) < 4.78 is 0. The maximum absolute atomic E-state index is 12.4. The fraction of sp³-hybridized carbons (Fsp3) is 0.500. The summed E-state index contributed by atoms with van der Waals surface area (Å²) in [5.41, 5.74) is 2.06. The number of rotatable bonds is 1. The number of nitrogens with zero attached hydrogens (tertiary/aromatic N) is 1. The molecule has 0 N–H and O–H groups in total. The zero-order chi connectivity index (χ0) is 12.6. The molecule has 0 atom stereocenters. The normalized spacial score (nSPS) is 18.5. The first-order valence-corrected chi connectivity index (χ1v) is 6.43. The van der Waals surface area contributed by atoms with Crippen molar-refractivity contribution in [1.29, 1.82) is 0 Å². The molecule has 1 aromatic carbocycles. The van der Waals surface area contributed by atoms with Crippen molar-refractivity contribution in [1.82, 2.24) is 4.90 Å². The molecule has 1 saturated heterocycles. The van der Waals surface area contributed by atoms with Crippen LogP contribution in [0.2, 0.25) is 0 Å². The van der Waals surface area contributed by atoms with Crippen LogP contribution in [0.5, 0.6) is 0 Å². The summed E-state index contributed by atoms with van der Waals surface area (Å²) in [5.74, 6) is 0.143. The molecular formula is C14H19NOS. The summed E-state index contributed by atoms with van der Waals surface area (Å²) in [4.78, 5) is 15.2. The summed E-state index contributed by atoms with van der Waals surface area (Å²) in [6, 6.07) is 5.74.